The summed E-state index contributed by atoms with van der Waals surface area (Å²) in [6.45, 7) is 5.99. The molecule has 19 heavy (non-hydrogen) atoms. The average Bonchev–Trinajstić information content (AvgIpc) is 2.36. The van der Waals surface area contributed by atoms with Gasteiger partial charge in [0.25, 0.3) is 0 Å². The van der Waals surface area contributed by atoms with Crippen molar-refractivity contribution >= 4 is 0 Å². The largest absolute Gasteiger partial charge is 0.271 e. The maximum absolute atomic E-state index is 14.0. The van der Waals surface area contributed by atoms with Crippen molar-refractivity contribution in [2.24, 2.45) is 5.84 Å². The van der Waals surface area contributed by atoms with E-state index >= 15 is 0 Å². The molecule has 0 heterocycles. The molecule has 0 saturated carbocycles. The molecule has 2 aromatic carbocycles. The summed E-state index contributed by atoms with van der Waals surface area (Å²) in [6, 6.07) is 10.8. The lowest BCUT2D eigenvalue weighted by molar-refractivity contribution is 0.558. The highest BCUT2D eigenvalue weighted by Gasteiger charge is 2.18. The van der Waals surface area contributed by atoms with Gasteiger partial charge in [-0.05, 0) is 38.0 Å². The van der Waals surface area contributed by atoms with Gasteiger partial charge in [0.15, 0.2) is 0 Å². The van der Waals surface area contributed by atoms with E-state index in [1.165, 1.54) is 11.6 Å². The van der Waals surface area contributed by atoms with E-state index in [4.69, 9.17) is 5.84 Å². The van der Waals surface area contributed by atoms with Crippen LogP contribution in [0.25, 0.3) is 0 Å². The number of hydrogen-bond donors (Lipinski definition) is 2. The normalized spacial score (nSPS) is 12.5. The fourth-order valence-electron chi connectivity index (χ4n) is 2.38. The van der Waals surface area contributed by atoms with Crippen LogP contribution in [0.2, 0.25) is 0 Å². The Hall–Kier alpha value is -1.71. The van der Waals surface area contributed by atoms with Crippen LogP contribution < -0.4 is 11.3 Å². The highest BCUT2D eigenvalue weighted by molar-refractivity contribution is 5.40. The molecule has 1 atom stereocenters. The lowest BCUT2D eigenvalue weighted by Crippen LogP contribution is -2.30. The van der Waals surface area contributed by atoms with E-state index in [1.807, 2.05) is 39.0 Å². The number of halogens is 1. The predicted molar refractivity (Wildman–Crippen MR) is 76.2 cm³/mol. The monoisotopic (exact) mass is 258 g/mol. The van der Waals surface area contributed by atoms with Gasteiger partial charge in [-0.2, -0.15) is 0 Å². The zero-order valence-electron chi connectivity index (χ0n) is 11.5. The molecule has 0 aliphatic heterocycles. The Morgan fingerprint density at radius 2 is 1.58 bits per heavy atom. The molecule has 0 bridgehead atoms. The number of nitrogens with two attached hydrogens (primary N) is 1. The smallest absolute Gasteiger partial charge is 0.128 e. The molecule has 0 spiro atoms. The quantitative estimate of drug-likeness (QED) is 0.655. The summed E-state index contributed by atoms with van der Waals surface area (Å²) < 4.78 is 14.0. The van der Waals surface area contributed by atoms with Crippen molar-refractivity contribution in [1.82, 2.24) is 5.43 Å². The molecular weight excluding hydrogens is 239 g/mol. The number of rotatable bonds is 3. The van der Waals surface area contributed by atoms with Gasteiger partial charge >= 0.3 is 0 Å². The second-order valence-corrected chi connectivity index (χ2v) is 4.98. The molecule has 2 aromatic rings. The van der Waals surface area contributed by atoms with E-state index in [1.54, 1.807) is 6.07 Å². The lowest BCUT2D eigenvalue weighted by atomic mass is 9.93. The van der Waals surface area contributed by atoms with Gasteiger partial charge < -0.3 is 0 Å². The molecule has 0 aliphatic rings. The van der Waals surface area contributed by atoms with Gasteiger partial charge in [-0.3, -0.25) is 5.84 Å². The van der Waals surface area contributed by atoms with Crippen LogP contribution in [0.4, 0.5) is 4.39 Å². The summed E-state index contributed by atoms with van der Waals surface area (Å²) in [5, 5.41) is 0. The summed E-state index contributed by atoms with van der Waals surface area (Å²) in [6.07, 6.45) is 0. The summed E-state index contributed by atoms with van der Waals surface area (Å²) in [4.78, 5) is 0. The highest BCUT2D eigenvalue weighted by Crippen LogP contribution is 2.27. The van der Waals surface area contributed by atoms with Crippen molar-refractivity contribution in [1.29, 1.82) is 0 Å². The Morgan fingerprint density at radius 1 is 0.947 bits per heavy atom. The molecule has 1 unspecified atom stereocenters. The fraction of sp³-hybridized carbons (Fsp3) is 0.250. The van der Waals surface area contributed by atoms with Gasteiger partial charge in [0.1, 0.15) is 5.82 Å². The van der Waals surface area contributed by atoms with Crippen LogP contribution in [0.1, 0.15) is 33.9 Å². The average molecular weight is 258 g/mol. The molecular formula is C16H19FN2. The number of hydrogen-bond acceptors (Lipinski definition) is 2. The van der Waals surface area contributed by atoms with E-state index in [0.717, 1.165) is 16.7 Å². The van der Waals surface area contributed by atoms with Crippen LogP contribution in [0.15, 0.2) is 36.4 Å². The van der Waals surface area contributed by atoms with E-state index in [0.29, 0.717) is 5.56 Å². The number of aryl methyl sites for hydroxylation is 3. The standard InChI is InChI=1S/C16H19FN2/c1-10-4-6-13(12(3)8-10)16(19-18)14-9-11(2)5-7-15(14)17/h4-9,16,19H,18H2,1-3H3. The third-order valence-electron chi connectivity index (χ3n) is 3.37. The Balaban J connectivity index is 2.52. The first-order chi connectivity index (χ1) is 9.02. The zero-order valence-corrected chi connectivity index (χ0v) is 11.5. The zero-order chi connectivity index (χ0) is 14.0. The molecule has 0 fully saturated rings. The van der Waals surface area contributed by atoms with E-state index in [9.17, 15) is 4.39 Å². The first-order valence-electron chi connectivity index (χ1n) is 6.32. The van der Waals surface area contributed by atoms with Gasteiger partial charge in [-0.15, -0.1) is 0 Å². The summed E-state index contributed by atoms with van der Waals surface area (Å²) >= 11 is 0. The van der Waals surface area contributed by atoms with E-state index in [2.05, 4.69) is 11.5 Å². The molecule has 2 nitrogen and oxygen atoms in total. The molecule has 100 valence electrons. The summed E-state index contributed by atoms with van der Waals surface area (Å²) in [7, 11) is 0. The minimum absolute atomic E-state index is 0.242. The van der Waals surface area contributed by atoms with Crippen molar-refractivity contribution in [2.75, 3.05) is 0 Å². The minimum atomic E-state index is -0.333. The maximum atomic E-state index is 14.0. The molecule has 3 N–H and O–H groups in total. The number of hydrazine groups is 1. The van der Waals surface area contributed by atoms with Crippen molar-refractivity contribution in [3.8, 4) is 0 Å². The first-order valence-corrected chi connectivity index (χ1v) is 6.32. The first kappa shape index (κ1) is 13.7. The number of nitrogens with one attached hydrogen (secondary N) is 1. The van der Waals surface area contributed by atoms with Gasteiger partial charge in [0, 0.05) is 5.56 Å². The molecule has 0 amide bonds. The van der Waals surface area contributed by atoms with Gasteiger partial charge in [-0.1, -0.05) is 41.5 Å². The van der Waals surface area contributed by atoms with E-state index < -0.39 is 0 Å². The molecule has 2 rings (SSSR count). The summed E-state index contributed by atoms with van der Waals surface area (Å²) in [5.41, 5.74) is 7.60. The second-order valence-electron chi connectivity index (χ2n) is 4.98. The van der Waals surface area contributed by atoms with Gasteiger partial charge in [0.2, 0.25) is 0 Å². The van der Waals surface area contributed by atoms with Gasteiger partial charge in [0.05, 0.1) is 6.04 Å². The molecule has 0 radical (unpaired) electrons. The van der Waals surface area contributed by atoms with Crippen molar-refractivity contribution in [2.45, 2.75) is 26.8 Å². The van der Waals surface area contributed by atoms with Crippen molar-refractivity contribution in [3.05, 3.63) is 70.0 Å². The topological polar surface area (TPSA) is 38.0 Å². The third kappa shape index (κ3) is 2.83. The Bertz CT molecular complexity index is 593. The van der Waals surface area contributed by atoms with Crippen LogP contribution in [0.5, 0.6) is 0 Å². The Labute approximate surface area is 113 Å². The van der Waals surface area contributed by atoms with Crippen molar-refractivity contribution < 1.29 is 4.39 Å². The fourth-order valence-corrected chi connectivity index (χ4v) is 2.38. The Morgan fingerprint density at radius 3 is 2.21 bits per heavy atom. The highest BCUT2D eigenvalue weighted by atomic mass is 19.1. The van der Waals surface area contributed by atoms with Gasteiger partial charge in [-0.25, -0.2) is 9.82 Å². The van der Waals surface area contributed by atoms with Crippen molar-refractivity contribution in [3.63, 3.8) is 0 Å². The maximum Gasteiger partial charge on any atom is 0.128 e. The van der Waals surface area contributed by atoms with Crippen LogP contribution in [-0.4, -0.2) is 0 Å². The predicted octanol–water partition coefficient (Wildman–Crippen LogP) is 3.30. The second kappa shape index (κ2) is 5.51. The van der Waals surface area contributed by atoms with Crippen LogP contribution in [0, 0.1) is 26.6 Å². The minimum Gasteiger partial charge on any atom is -0.271 e. The lowest BCUT2D eigenvalue weighted by Gasteiger charge is -2.20. The Kier molecular flexibility index (Phi) is 3.98. The third-order valence-corrected chi connectivity index (χ3v) is 3.37. The van der Waals surface area contributed by atoms with E-state index in [-0.39, 0.29) is 11.9 Å². The van der Waals surface area contributed by atoms with Crippen LogP contribution in [-0.2, 0) is 0 Å². The molecule has 0 saturated heterocycles. The molecule has 0 aliphatic carbocycles. The number of benzene rings is 2. The molecule has 3 heteroatoms. The van der Waals surface area contributed by atoms with Crippen LogP contribution >= 0.6 is 0 Å². The molecule has 0 aromatic heterocycles. The van der Waals surface area contributed by atoms with Crippen LogP contribution in [0.3, 0.4) is 0 Å². The SMILES string of the molecule is Cc1ccc(C(NN)c2cc(C)ccc2F)c(C)c1. The summed E-state index contributed by atoms with van der Waals surface area (Å²) in [5.74, 6) is 5.40.